The van der Waals surface area contributed by atoms with Gasteiger partial charge in [0.25, 0.3) is 5.91 Å². The number of para-hydroxylation sites is 1. The lowest BCUT2D eigenvalue weighted by molar-refractivity contribution is -0.132. The number of amides is 2. The smallest absolute Gasteiger partial charge is 0.257 e. The largest absolute Gasteiger partial charge is 0.457 e. The Labute approximate surface area is 223 Å². The Morgan fingerprint density at radius 3 is 2.61 bits per heavy atom. The second-order valence-electron chi connectivity index (χ2n) is 10.3. The molecular weight excluding hydrogens is 480 g/mol. The molecule has 3 aliphatic heterocycles. The van der Waals surface area contributed by atoms with Crippen LogP contribution < -0.4 is 21.3 Å². The van der Waals surface area contributed by atoms with Gasteiger partial charge in [0.15, 0.2) is 0 Å². The number of rotatable bonds is 7. The van der Waals surface area contributed by atoms with E-state index in [9.17, 15) is 9.59 Å². The lowest BCUT2D eigenvalue weighted by Gasteiger charge is -2.43. The summed E-state index contributed by atoms with van der Waals surface area (Å²) in [6.07, 6.45) is 6.97. The molecule has 0 aliphatic carbocycles. The second kappa shape index (κ2) is 11.4. The van der Waals surface area contributed by atoms with Crippen molar-refractivity contribution in [1.82, 2.24) is 25.6 Å². The topological polar surface area (TPSA) is 103 Å². The zero-order valence-corrected chi connectivity index (χ0v) is 21.9. The molecule has 5 rings (SSSR count). The summed E-state index contributed by atoms with van der Waals surface area (Å²) in [5.74, 6) is 1.18. The van der Waals surface area contributed by atoms with Crippen LogP contribution in [0.3, 0.4) is 0 Å². The maximum Gasteiger partial charge on any atom is 0.257 e. The average Bonchev–Trinajstić information content (AvgIpc) is 3.34. The zero-order valence-electron chi connectivity index (χ0n) is 21.9. The molecule has 2 saturated heterocycles. The van der Waals surface area contributed by atoms with Gasteiger partial charge >= 0.3 is 0 Å². The molecule has 38 heavy (non-hydrogen) atoms. The van der Waals surface area contributed by atoms with Crippen LogP contribution in [0.1, 0.15) is 18.4 Å². The highest BCUT2D eigenvalue weighted by Gasteiger charge is 2.49. The molecule has 4 N–H and O–H groups in total. The molecule has 0 saturated carbocycles. The molecule has 0 spiro atoms. The van der Waals surface area contributed by atoms with Crippen LogP contribution in [0.5, 0.6) is 11.5 Å². The number of benzene rings is 2. The van der Waals surface area contributed by atoms with E-state index in [0.717, 1.165) is 42.0 Å². The number of carbonyl (C=O) groups is 2. The molecule has 2 fully saturated rings. The Bertz CT molecular complexity index is 1200. The van der Waals surface area contributed by atoms with Crippen molar-refractivity contribution in [3.05, 3.63) is 78.5 Å². The molecule has 4 unspecified atom stereocenters. The van der Waals surface area contributed by atoms with Crippen molar-refractivity contribution in [3.63, 3.8) is 0 Å². The number of hydrogen-bond donors (Lipinski definition) is 3. The predicted molar refractivity (Wildman–Crippen MR) is 147 cm³/mol. The molecule has 0 radical (unpaired) electrons. The fraction of sp³-hybridized carbons (Fsp3) is 0.379. The van der Waals surface area contributed by atoms with Crippen molar-refractivity contribution in [1.29, 1.82) is 0 Å². The first-order valence-corrected chi connectivity index (χ1v) is 13.1. The highest BCUT2D eigenvalue weighted by molar-refractivity contribution is 5.89. The zero-order chi connectivity index (χ0) is 26.6. The van der Waals surface area contributed by atoms with Gasteiger partial charge in [0, 0.05) is 43.9 Å². The standard InChI is InChI=1S/C29H36N6O3/c1-33(2)16-7-11-25(36)34-17-6-8-21(18-34)35-19-24(26-27(35)29(37)32-31-28(26)30)20-12-14-23(15-13-20)38-22-9-4-3-5-10-22/h3-5,7,9-15,19,21,26-28,31H,6,8,16-18,30H2,1-2H3,(H,32,37)/b11-7+. The number of likely N-dealkylation sites (tertiary alicyclic amines) is 1. The molecule has 9 nitrogen and oxygen atoms in total. The van der Waals surface area contributed by atoms with E-state index in [0.29, 0.717) is 13.1 Å². The molecule has 2 aromatic rings. The summed E-state index contributed by atoms with van der Waals surface area (Å²) in [6.45, 7) is 2.00. The fourth-order valence-corrected chi connectivity index (χ4v) is 5.50. The van der Waals surface area contributed by atoms with Gasteiger partial charge < -0.3 is 25.2 Å². The van der Waals surface area contributed by atoms with Crippen molar-refractivity contribution < 1.29 is 14.3 Å². The van der Waals surface area contributed by atoms with Crippen LogP contribution in [-0.4, -0.2) is 78.5 Å². The first-order valence-electron chi connectivity index (χ1n) is 13.1. The monoisotopic (exact) mass is 516 g/mol. The number of carbonyl (C=O) groups excluding carboxylic acids is 2. The Kier molecular flexibility index (Phi) is 7.78. The highest BCUT2D eigenvalue weighted by atomic mass is 16.5. The van der Waals surface area contributed by atoms with Gasteiger partial charge in [0.1, 0.15) is 17.5 Å². The first kappa shape index (κ1) is 26.0. The Balaban J connectivity index is 1.37. The summed E-state index contributed by atoms with van der Waals surface area (Å²) < 4.78 is 5.96. The van der Waals surface area contributed by atoms with Crippen LogP contribution in [-0.2, 0) is 9.59 Å². The molecular formula is C29H36N6O3. The van der Waals surface area contributed by atoms with Crippen molar-refractivity contribution in [2.24, 2.45) is 11.7 Å². The number of nitrogens with zero attached hydrogens (tertiary/aromatic N) is 3. The van der Waals surface area contributed by atoms with Crippen LogP contribution in [0, 0.1) is 5.92 Å². The van der Waals surface area contributed by atoms with Gasteiger partial charge in [-0.2, -0.15) is 0 Å². The number of ether oxygens (including phenoxy) is 1. The van der Waals surface area contributed by atoms with Crippen LogP contribution in [0.2, 0.25) is 0 Å². The molecule has 3 aliphatic rings. The minimum Gasteiger partial charge on any atom is -0.457 e. The van der Waals surface area contributed by atoms with Crippen molar-refractivity contribution in [2.75, 3.05) is 33.7 Å². The van der Waals surface area contributed by atoms with Crippen molar-refractivity contribution in [3.8, 4) is 11.5 Å². The van der Waals surface area contributed by atoms with E-state index in [1.807, 2.05) is 84.6 Å². The summed E-state index contributed by atoms with van der Waals surface area (Å²) >= 11 is 0. The lowest BCUT2D eigenvalue weighted by atomic mass is 9.86. The lowest BCUT2D eigenvalue weighted by Crippen LogP contribution is -2.67. The van der Waals surface area contributed by atoms with E-state index in [4.69, 9.17) is 10.5 Å². The maximum absolute atomic E-state index is 13.1. The van der Waals surface area contributed by atoms with E-state index < -0.39 is 12.2 Å². The summed E-state index contributed by atoms with van der Waals surface area (Å²) in [6, 6.07) is 17.1. The van der Waals surface area contributed by atoms with Crippen LogP contribution in [0.15, 0.2) is 72.9 Å². The van der Waals surface area contributed by atoms with Gasteiger partial charge in [-0.3, -0.25) is 15.0 Å². The number of likely N-dealkylation sites (N-methyl/N-ethyl adjacent to an activating group) is 1. The molecule has 3 heterocycles. The minimum atomic E-state index is -0.440. The molecule has 2 aromatic carbocycles. The number of piperidine rings is 1. The van der Waals surface area contributed by atoms with Crippen LogP contribution in [0.4, 0.5) is 0 Å². The number of hydrazine groups is 1. The molecule has 0 bridgehead atoms. The van der Waals surface area contributed by atoms with E-state index in [-0.39, 0.29) is 23.8 Å². The molecule has 4 atom stereocenters. The molecule has 2 amide bonds. The normalized spacial score (nSPS) is 25.4. The van der Waals surface area contributed by atoms with E-state index >= 15 is 0 Å². The third-order valence-corrected chi connectivity index (χ3v) is 7.35. The number of fused-ring (bicyclic) bond motifs is 1. The molecule has 0 aromatic heterocycles. The van der Waals surface area contributed by atoms with Crippen LogP contribution >= 0.6 is 0 Å². The minimum absolute atomic E-state index is 0.0111. The van der Waals surface area contributed by atoms with Gasteiger partial charge in [-0.25, -0.2) is 5.43 Å². The molecule has 200 valence electrons. The van der Waals surface area contributed by atoms with E-state index in [2.05, 4.69) is 22.0 Å². The Hall–Kier alpha value is -3.66. The predicted octanol–water partition coefficient (Wildman–Crippen LogP) is 2.15. The quantitative estimate of drug-likeness (QED) is 0.485. The SMILES string of the molecule is CN(C)C/C=C/C(=O)N1CCCC(N2C=C(c3ccc(Oc4ccccc4)cc3)C3C(N)NNC(=O)C32)C1. The van der Waals surface area contributed by atoms with Crippen molar-refractivity contribution in [2.45, 2.75) is 31.1 Å². The van der Waals surface area contributed by atoms with E-state index in [1.165, 1.54) is 0 Å². The fourth-order valence-electron chi connectivity index (χ4n) is 5.50. The third kappa shape index (κ3) is 5.60. The van der Waals surface area contributed by atoms with Crippen LogP contribution in [0.25, 0.3) is 5.57 Å². The third-order valence-electron chi connectivity index (χ3n) is 7.35. The first-order chi connectivity index (χ1) is 18.4. The summed E-state index contributed by atoms with van der Waals surface area (Å²) in [5.41, 5.74) is 14.2. The number of hydrogen-bond acceptors (Lipinski definition) is 7. The summed E-state index contributed by atoms with van der Waals surface area (Å²) in [4.78, 5) is 32.0. The molecule has 9 heteroatoms. The van der Waals surface area contributed by atoms with Gasteiger partial charge in [-0.1, -0.05) is 36.4 Å². The second-order valence-corrected chi connectivity index (χ2v) is 10.3. The Morgan fingerprint density at radius 1 is 1.13 bits per heavy atom. The van der Waals surface area contributed by atoms with Gasteiger partial charge in [-0.05, 0) is 62.3 Å². The van der Waals surface area contributed by atoms with Crippen molar-refractivity contribution >= 4 is 17.4 Å². The average molecular weight is 517 g/mol. The van der Waals surface area contributed by atoms with Gasteiger partial charge in [0.05, 0.1) is 6.17 Å². The number of nitrogens with two attached hydrogens (primary N) is 1. The summed E-state index contributed by atoms with van der Waals surface area (Å²) in [7, 11) is 3.94. The van der Waals surface area contributed by atoms with Gasteiger partial charge in [-0.15, -0.1) is 0 Å². The number of nitrogens with one attached hydrogen (secondary N) is 2. The highest BCUT2D eigenvalue weighted by Crippen LogP contribution is 2.41. The summed E-state index contributed by atoms with van der Waals surface area (Å²) in [5, 5.41) is 0. The van der Waals surface area contributed by atoms with Gasteiger partial charge in [0.2, 0.25) is 5.91 Å². The Morgan fingerprint density at radius 2 is 1.87 bits per heavy atom. The maximum atomic E-state index is 13.1. The van der Waals surface area contributed by atoms with E-state index in [1.54, 1.807) is 6.08 Å².